The maximum absolute atomic E-state index is 14.4. The highest BCUT2D eigenvalue weighted by Gasteiger charge is 2.56. The summed E-state index contributed by atoms with van der Waals surface area (Å²) in [4.78, 5) is 16.3. The predicted molar refractivity (Wildman–Crippen MR) is 120 cm³/mol. The number of halogens is 4. The number of rotatable bonds is 5. The fourth-order valence-electron chi connectivity index (χ4n) is 4.64. The second-order valence-corrected chi connectivity index (χ2v) is 9.73. The summed E-state index contributed by atoms with van der Waals surface area (Å²) in [6, 6.07) is 4.82. The number of nitrogens with zero attached hydrogens (tertiary/aromatic N) is 2. The number of fused-ring (bicyclic) bond motifs is 2. The van der Waals surface area contributed by atoms with Crippen LogP contribution in [0, 0.1) is 6.92 Å². The van der Waals surface area contributed by atoms with E-state index in [1.807, 2.05) is 0 Å². The second kappa shape index (κ2) is 8.02. The van der Waals surface area contributed by atoms with Crippen molar-refractivity contribution in [3.8, 4) is 5.75 Å². The molecule has 1 unspecified atom stereocenters. The van der Waals surface area contributed by atoms with Crippen LogP contribution in [0.15, 0.2) is 41.6 Å². The predicted octanol–water partition coefficient (Wildman–Crippen LogP) is 4.95. The Kier molecular flexibility index (Phi) is 5.73. The minimum Gasteiger partial charge on any atom is -0.493 e. The number of pyridine rings is 2. The molecule has 0 bridgehead atoms. The number of hydrogen-bond donors (Lipinski definition) is 1. The lowest BCUT2D eigenvalue weighted by Crippen LogP contribution is -2.52. The lowest BCUT2D eigenvalue weighted by molar-refractivity contribution is -0.271. The molecule has 0 spiro atoms. The van der Waals surface area contributed by atoms with Gasteiger partial charge in [-0.25, -0.2) is 0 Å². The third-order valence-electron chi connectivity index (χ3n) is 6.23. The lowest BCUT2D eigenvalue weighted by Gasteiger charge is -2.39. The summed E-state index contributed by atoms with van der Waals surface area (Å²) in [5.74, 6) is 0.532. The number of hydrogen-bond acceptors (Lipinski definition) is 4. The highest BCUT2D eigenvalue weighted by molar-refractivity contribution is 6.30. The number of aliphatic hydroxyl groups is 1. The lowest BCUT2D eigenvalue weighted by atomic mass is 9.74. The fourth-order valence-corrected chi connectivity index (χ4v) is 4.88. The van der Waals surface area contributed by atoms with Crippen molar-refractivity contribution in [2.24, 2.45) is 0 Å². The van der Waals surface area contributed by atoms with Gasteiger partial charge in [0.15, 0.2) is 11.0 Å². The van der Waals surface area contributed by atoms with E-state index in [0.29, 0.717) is 29.4 Å². The standard InChI is InChI=1S/C24H24ClF3N2O3/c1-14-11-30(19-4-6-29-10-17(19)20(14)31)13-23(32,24(26,27)28)12-22(2,3)18-9-16(25)8-15-5-7-33-21(15)18/h4,6,8-11,32H,5,7,12-13H2,1-3H3. The van der Waals surface area contributed by atoms with E-state index in [-0.39, 0.29) is 21.9 Å². The SMILES string of the molecule is Cc1cn(CC(O)(CC(C)(C)c2cc(Cl)cc3c2OCC3)C(F)(F)F)c2ccncc2c1=O. The van der Waals surface area contributed by atoms with Crippen LogP contribution in [0.3, 0.4) is 0 Å². The molecule has 1 atom stereocenters. The van der Waals surface area contributed by atoms with Crippen molar-refractivity contribution in [1.82, 2.24) is 9.55 Å². The zero-order chi connectivity index (χ0) is 24.2. The van der Waals surface area contributed by atoms with Crippen molar-refractivity contribution in [1.29, 1.82) is 0 Å². The number of benzene rings is 1. The number of ether oxygens (including phenoxy) is 1. The third-order valence-corrected chi connectivity index (χ3v) is 6.45. The average molecular weight is 481 g/mol. The van der Waals surface area contributed by atoms with E-state index in [1.54, 1.807) is 26.0 Å². The van der Waals surface area contributed by atoms with Gasteiger partial charge in [-0.05, 0) is 42.5 Å². The molecule has 0 radical (unpaired) electrons. The van der Waals surface area contributed by atoms with Crippen molar-refractivity contribution < 1.29 is 23.0 Å². The van der Waals surface area contributed by atoms with Gasteiger partial charge in [-0.3, -0.25) is 9.78 Å². The molecular formula is C24H24ClF3N2O3. The summed E-state index contributed by atoms with van der Waals surface area (Å²) < 4.78 is 50.1. The second-order valence-electron chi connectivity index (χ2n) is 9.29. The van der Waals surface area contributed by atoms with Crippen molar-refractivity contribution in [2.75, 3.05) is 6.61 Å². The molecule has 0 saturated carbocycles. The van der Waals surface area contributed by atoms with Crippen molar-refractivity contribution >= 4 is 22.5 Å². The molecule has 0 saturated heterocycles. The summed E-state index contributed by atoms with van der Waals surface area (Å²) in [5.41, 5.74) is -2.63. The number of aryl methyl sites for hydroxylation is 1. The fraction of sp³-hybridized carbons (Fsp3) is 0.417. The first-order chi connectivity index (χ1) is 15.3. The van der Waals surface area contributed by atoms with E-state index in [9.17, 15) is 23.1 Å². The number of alkyl halides is 3. The van der Waals surface area contributed by atoms with Gasteiger partial charge in [-0.15, -0.1) is 0 Å². The molecule has 3 aromatic rings. The van der Waals surface area contributed by atoms with E-state index in [2.05, 4.69) is 4.98 Å². The van der Waals surface area contributed by atoms with Crippen LogP contribution >= 0.6 is 11.6 Å². The first kappa shape index (κ1) is 23.6. The average Bonchev–Trinajstić information content (AvgIpc) is 3.18. The Balaban J connectivity index is 1.80. The molecule has 1 aromatic carbocycles. The van der Waals surface area contributed by atoms with Gasteiger partial charge in [-0.1, -0.05) is 25.4 Å². The van der Waals surface area contributed by atoms with Crippen LogP contribution in [0.5, 0.6) is 5.75 Å². The van der Waals surface area contributed by atoms with Crippen LogP contribution in [0.4, 0.5) is 13.2 Å². The topological polar surface area (TPSA) is 64.3 Å². The Morgan fingerprint density at radius 2 is 2.00 bits per heavy atom. The molecule has 5 nitrogen and oxygen atoms in total. The van der Waals surface area contributed by atoms with E-state index in [1.165, 1.54) is 36.1 Å². The number of aromatic nitrogens is 2. The maximum Gasteiger partial charge on any atom is 0.418 e. The van der Waals surface area contributed by atoms with Gasteiger partial charge in [0.05, 0.1) is 24.1 Å². The molecule has 9 heteroatoms. The van der Waals surface area contributed by atoms with Crippen LogP contribution in [0.1, 0.15) is 37.0 Å². The highest BCUT2D eigenvalue weighted by Crippen LogP contribution is 2.47. The minimum atomic E-state index is -4.94. The molecule has 4 rings (SSSR count). The zero-order valence-electron chi connectivity index (χ0n) is 18.5. The molecular weight excluding hydrogens is 457 g/mol. The molecule has 0 amide bonds. The van der Waals surface area contributed by atoms with Gasteiger partial charge in [0.2, 0.25) is 0 Å². The van der Waals surface area contributed by atoms with E-state index in [4.69, 9.17) is 16.3 Å². The molecule has 3 heterocycles. The Hall–Kier alpha value is -2.58. The van der Waals surface area contributed by atoms with Gasteiger partial charge in [0.25, 0.3) is 0 Å². The largest absolute Gasteiger partial charge is 0.493 e. The first-order valence-electron chi connectivity index (χ1n) is 10.5. The normalized spacial score (nSPS) is 15.9. The summed E-state index contributed by atoms with van der Waals surface area (Å²) in [6.45, 7) is 4.44. The van der Waals surface area contributed by atoms with Crippen molar-refractivity contribution in [3.05, 3.63) is 68.7 Å². The monoisotopic (exact) mass is 480 g/mol. The smallest absolute Gasteiger partial charge is 0.418 e. The molecule has 1 N–H and O–H groups in total. The van der Waals surface area contributed by atoms with Gasteiger partial charge in [-0.2, -0.15) is 13.2 Å². The molecule has 1 aliphatic rings. The van der Waals surface area contributed by atoms with Crippen molar-refractivity contribution in [2.45, 2.75) is 57.3 Å². The van der Waals surface area contributed by atoms with E-state index >= 15 is 0 Å². The molecule has 2 aromatic heterocycles. The van der Waals surface area contributed by atoms with E-state index in [0.717, 1.165) is 5.56 Å². The Morgan fingerprint density at radius 3 is 2.70 bits per heavy atom. The molecule has 0 aliphatic carbocycles. The summed E-state index contributed by atoms with van der Waals surface area (Å²) in [5, 5.41) is 11.7. The van der Waals surface area contributed by atoms with E-state index < -0.39 is 30.2 Å². The van der Waals surface area contributed by atoms with Crippen LogP contribution in [-0.4, -0.2) is 33.0 Å². The summed E-state index contributed by atoms with van der Waals surface area (Å²) >= 11 is 6.24. The van der Waals surface area contributed by atoms with Crippen LogP contribution in [-0.2, 0) is 18.4 Å². The minimum absolute atomic E-state index is 0.197. The van der Waals surface area contributed by atoms with Crippen LogP contribution in [0.25, 0.3) is 10.9 Å². The Labute approximate surface area is 193 Å². The van der Waals surface area contributed by atoms with Gasteiger partial charge < -0.3 is 14.4 Å². The third kappa shape index (κ3) is 4.22. The molecule has 33 heavy (non-hydrogen) atoms. The van der Waals surface area contributed by atoms with Crippen molar-refractivity contribution in [3.63, 3.8) is 0 Å². The van der Waals surface area contributed by atoms with Gasteiger partial charge in [0.1, 0.15) is 5.75 Å². The molecule has 1 aliphatic heterocycles. The molecule has 0 fully saturated rings. The Bertz CT molecular complexity index is 1290. The maximum atomic E-state index is 14.4. The quantitative estimate of drug-likeness (QED) is 0.561. The Morgan fingerprint density at radius 1 is 1.27 bits per heavy atom. The molecule has 176 valence electrons. The van der Waals surface area contributed by atoms with Gasteiger partial charge in [0, 0.05) is 41.2 Å². The zero-order valence-corrected chi connectivity index (χ0v) is 19.2. The van der Waals surface area contributed by atoms with Gasteiger partial charge >= 0.3 is 6.18 Å². The first-order valence-corrected chi connectivity index (χ1v) is 10.9. The highest BCUT2D eigenvalue weighted by atomic mass is 35.5. The summed E-state index contributed by atoms with van der Waals surface area (Å²) in [6.07, 6.45) is -0.893. The van der Waals surface area contributed by atoms with Crippen LogP contribution in [0.2, 0.25) is 5.02 Å². The van der Waals surface area contributed by atoms with Crippen LogP contribution < -0.4 is 10.2 Å². The summed E-state index contributed by atoms with van der Waals surface area (Å²) in [7, 11) is 0.